The topological polar surface area (TPSA) is 90.9 Å². The van der Waals surface area contributed by atoms with E-state index in [1.807, 2.05) is 13.8 Å². The van der Waals surface area contributed by atoms with Crippen LogP contribution in [0.15, 0.2) is 67.3 Å². The molecule has 1 aromatic heterocycles. The monoisotopic (exact) mass is 533 g/mol. The molecule has 0 saturated heterocycles. The molecule has 1 N–H and O–H groups in total. The van der Waals surface area contributed by atoms with Crippen LogP contribution in [0.5, 0.6) is 5.75 Å². The fourth-order valence-corrected chi connectivity index (χ4v) is 6.03. The van der Waals surface area contributed by atoms with Crippen molar-refractivity contribution in [2.75, 3.05) is 13.2 Å². The Morgan fingerprint density at radius 3 is 2.50 bits per heavy atom. The minimum atomic E-state index is -4.33. The number of benzene rings is 2. The van der Waals surface area contributed by atoms with Crippen molar-refractivity contribution >= 4 is 40.9 Å². The van der Waals surface area contributed by atoms with Crippen molar-refractivity contribution in [3.8, 4) is 5.75 Å². The number of halogens is 1. The van der Waals surface area contributed by atoms with Gasteiger partial charge in [-0.05, 0) is 54.1 Å². The average Bonchev–Trinajstić information content (AvgIpc) is 3.29. The van der Waals surface area contributed by atoms with Crippen LogP contribution in [-0.2, 0) is 18.8 Å². The summed E-state index contributed by atoms with van der Waals surface area (Å²) in [6.07, 6.45) is 1.47. The Morgan fingerprint density at radius 2 is 1.83 bits per heavy atom. The van der Waals surface area contributed by atoms with E-state index < -0.39 is 31.4 Å². The van der Waals surface area contributed by atoms with Gasteiger partial charge in [0, 0.05) is 4.70 Å². The molecule has 192 valence electrons. The van der Waals surface area contributed by atoms with Gasteiger partial charge in [0.05, 0.1) is 6.61 Å². The van der Waals surface area contributed by atoms with Crippen LogP contribution in [0.1, 0.15) is 41.9 Å². The zero-order valence-electron chi connectivity index (χ0n) is 20.3. The van der Waals surface area contributed by atoms with Gasteiger partial charge in [-0.3, -0.25) is 9.36 Å². The molecule has 3 rings (SSSR count). The lowest BCUT2D eigenvalue weighted by Gasteiger charge is -2.26. The SMILES string of the molecule is C=CCOC(=O)c1cc2cc([C@H](F)P(=O)(N[C@@H](C)C(=O)OCC(C)C)Oc3ccccc3)ccc2s1. The van der Waals surface area contributed by atoms with Gasteiger partial charge in [0.2, 0.25) is 5.91 Å². The number of thiophene rings is 1. The maximum atomic E-state index is 16.0. The standard InChI is InChI=1S/C26H29FNO6PS/c1-5-13-32-26(30)23-15-20-14-19(11-12-22(20)36-23)24(27)35(31,34-21-9-7-6-8-10-21)28-18(4)25(29)33-16-17(2)3/h5-12,14-15,17-18,24H,1,13,16H2,2-4H3,(H,28,31)/t18-,24+,35?/m0/s1. The molecule has 0 bridgehead atoms. The van der Waals surface area contributed by atoms with E-state index in [2.05, 4.69) is 11.7 Å². The predicted molar refractivity (Wildman–Crippen MR) is 139 cm³/mol. The van der Waals surface area contributed by atoms with Crippen molar-refractivity contribution in [2.24, 2.45) is 5.92 Å². The maximum absolute atomic E-state index is 16.0. The lowest BCUT2D eigenvalue weighted by molar-refractivity contribution is -0.146. The Labute approximate surface area is 213 Å². The number of para-hydroxylation sites is 1. The first-order valence-electron chi connectivity index (χ1n) is 11.4. The second-order valence-corrected chi connectivity index (χ2v) is 11.7. The molecule has 1 heterocycles. The van der Waals surface area contributed by atoms with Crippen molar-refractivity contribution in [3.63, 3.8) is 0 Å². The van der Waals surface area contributed by atoms with Gasteiger partial charge in [-0.2, -0.15) is 0 Å². The van der Waals surface area contributed by atoms with Gasteiger partial charge in [0.15, 0.2) is 0 Å². The molecule has 0 aliphatic rings. The molecular formula is C26H29FNO6PS. The third-order valence-electron chi connectivity index (χ3n) is 4.92. The van der Waals surface area contributed by atoms with Crippen LogP contribution in [-0.4, -0.2) is 31.2 Å². The molecule has 1 unspecified atom stereocenters. The molecule has 0 fully saturated rings. The lowest BCUT2D eigenvalue weighted by atomic mass is 10.2. The molecule has 0 amide bonds. The summed E-state index contributed by atoms with van der Waals surface area (Å²) in [4.78, 5) is 25.0. The van der Waals surface area contributed by atoms with E-state index in [1.54, 1.807) is 42.5 Å². The number of carbonyl (C=O) groups excluding carboxylic acids is 2. The molecule has 0 spiro atoms. The van der Waals surface area contributed by atoms with Gasteiger partial charge in [-0.15, -0.1) is 11.3 Å². The summed E-state index contributed by atoms with van der Waals surface area (Å²) in [7, 11) is -4.33. The van der Waals surface area contributed by atoms with E-state index in [0.29, 0.717) is 10.3 Å². The molecular weight excluding hydrogens is 504 g/mol. The first-order valence-corrected chi connectivity index (χ1v) is 13.9. The van der Waals surface area contributed by atoms with E-state index in [9.17, 15) is 14.2 Å². The first kappa shape index (κ1) is 27.6. The number of alkyl halides is 1. The number of hydrogen-bond donors (Lipinski definition) is 1. The summed E-state index contributed by atoms with van der Waals surface area (Å²) in [5.41, 5.74) is 0.0702. The van der Waals surface area contributed by atoms with Crippen molar-refractivity contribution in [3.05, 3.63) is 77.7 Å². The molecule has 2 aromatic carbocycles. The highest BCUT2D eigenvalue weighted by atomic mass is 32.1. The van der Waals surface area contributed by atoms with Crippen LogP contribution >= 0.6 is 18.9 Å². The molecule has 3 atom stereocenters. The Hall–Kier alpha value is -3.00. The van der Waals surface area contributed by atoms with Crippen molar-refractivity contribution in [1.29, 1.82) is 0 Å². The third-order valence-corrected chi connectivity index (χ3v) is 8.14. The number of esters is 2. The number of fused-ring (bicyclic) bond motifs is 1. The first-order chi connectivity index (χ1) is 17.1. The molecule has 7 nitrogen and oxygen atoms in total. The predicted octanol–water partition coefficient (Wildman–Crippen LogP) is 6.66. The van der Waals surface area contributed by atoms with Crippen LogP contribution < -0.4 is 9.61 Å². The molecule has 36 heavy (non-hydrogen) atoms. The Morgan fingerprint density at radius 1 is 1.11 bits per heavy atom. The summed E-state index contributed by atoms with van der Waals surface area (Å²) in [5, 5.41) is 3.15. The molecule has 0 saturated carbocycles. The van der Waals surface area contributed by atoms with Crippen LogP contribution in [0.3, 0.4) is 0 Å². The third kappa shape index (κ3) is 7.03. The summed E-state index contributed by atoms with van der Waals surface area (Å²) in [6.45, 7) is 8.99. The molecule has 0 aliphatic heterocycles. The zero-order chi connectivity index (χ0) is 26.3. The van der Waals surface area contributed by atoms with Crippen molar-refractivity contribution in [2.45, 2.75) is 32.7 Å². The van der Waals surface area contributed by atoms with Gasteiger partial charge in [0.25, 0.3) is 0 Å². The minimum Gasteiger partial charge on any atom is -0.464 e. The quantitative estimate of drug-likeness (QED) is 0.158. The molecule has 3 aromatic rings. The van der Waals surface area contributed by atoms with Crippen molar-refractivity contribution < 1.29 is 32.5 Å². The molecule has 10 heteroatoms. The minimum absolute atomic E-state index is 0.0702. The van der Waals surface area contributed by atoms with E-state index in [-0.39, 0.29) is 30.4 Å². The highest BCUT2D eigenvalue weighted by molar-refractivity contribution is 7.57. The van der Waals surface area contributed by atoms with Gasteiger partial charge in [-0.1, -0.05) is 50.8 Å². The van der Waals surface area contributed by atoms with Gasteiger partial charge < -0.3 is 14.0 Å². The summed E-state index contributed by atoms with van der Waals surface area (Å²) in [6, 6.07) is 13.3. The Kier molecular flexibility index (Phi) is 9.43. The second kappa shape index (κ2) is 12.3. The van der Waals surface area contributed by atoms with Crippen LogP contribution in [0.2, 0.25) is 0 Å². The Balaban J connectivity index is 1.90. The highest BCUT2D eigenvalue weighted by Crippen LogP contribution is 2.58. The molecule has 0 aliphatic carbocycles. The largest absolute Gasteiger partial charge is 0.464 e. The number of nitrogens with one attached hydrogen (secondary N) is 1. The van der Waals surface area contributed by atoms with Crippen LogP contribution in [0.25, 0.3) is 10.1 Å². The van der Waals surface area contributed by atoms with E-state index in [4.69, 9.17) is 14.0 Å². The van der Waals surface area contributed by atoms with Crippen molar-refractivity contribution in [1.82, 2.24) is 5.09 Å². The summed E-state index contributed by atoms with van der Waals surface area (Å²) < 4.78 is 46.5. The fraction of sp³-hybridized carbons (Fsp3) is 0.308. The lowest BCUT2D eigenvalue weighted by Crippen LogP contribution is -2.36. The Bertz CT molecular complexity index is 1260. The van der Waals surface area contributed by atoms with Gasteiger partial charge >= 0.3 is 19.5 Å². The summed E-state index contributed by atoms with van der Waals surface area (Å²) in [5.74, 6) is -2.99. The number of hydrogen-bond acceptors (Lipinski definition) is 7. The number of rotatable bonds is 12. The van der Waals surface area contributed by atoms with Crippen LogP contribution in [0.4, 0.5) is 4.39 Å². The highest BCUT2D eigenvalue weighted by Gasteiger charge is 2.40. The fourth-order valence-electron chi connectivity index (χ4n) is 3.19. The normalized spacial score (nSPS) is 14.6. The van der Waals surface area contributed by atoms with E-state index in [1.165, 1.54) is 36.5 Å². The smallest absolute Gasteiger partial charge is 0.355 e. The zero-order valence-corrected chi connectivity index (χ0v) is 22.0. The average molecular weight is 534 g/mol. The van der Waals surface area contributed by atoms with E-state index in [0.717, 1.165) is 4.70 Å². The molecule has 0 radical (unpaired) electrons. The van der Waals surface area contributed by atoms with Gasteiger partial charge in [-0.25, -0.2) is 14.3 Å². The second-order valence-electron chi connectivity index (χ2n) is 8.51. The van der Waals surface area contributed by atoms with Gasteiger partial charge in [0.1, 0.15) is 23.3 Å². The van der Waals surface area contributed by atoms with Crippen LogP contribution in [0, 0.1) is 5.92 Å². The summed E-state index contributed by atoms with van der Waals surface area (Å²) >= 11 is 1.20. The maximum Gasteiger partial charge on any atom is 0.355 e. The van der Waals surface area contributed by atoms with E-state index >= 15 is 4.39 Å². The number of carbonyl (C=O) groups is 2. The number of ether oxygens (including phenoxy) is 2.